The molecule has 0 aromatic heterocycles. The first-order chi connectivity index (χ1) is 8.54. The lowest BCUT2D eigenvalue weighted by Crippen LogP contribution is -2.29. The van der Waals surface area contributed by atoms with Gasteiger partial charge in [0.05, 0.1) is 17.2 Å². The van der Waals surface area contributed by atoms with Gasteiger partial charge in [0.1, 0.15) is 12.3 Å². The fourth-order valence-corrected chi connectivity index (χ4v) is 1.47. The normalized spacial score (nSPS) is 11.4. The second-order valence-electron chi connectivity index (χ2n) is 3.59. The van der Waals surface area contributed by atoms with Crippen molar-refractivity contribution in [3.8, 4) is 11.8 Å². The van der Waals surface area contributed by atoms with E-state index in [1.54, 1.807) is 31.2 Å². The maximum absolute atomic E-state index is 11.2. The summed E-state index contributed by atoms with van der Waals surface area (Å²) in [5, 5.41) is 20.3. The average molecular weight is 269 g/mol. The quantitative estimate of drug-likeness (QED) is 0.791. The molecule has 1 rings (SSSR count). The zero-order valence-corrected chi connectivity index (χ0v) is 10.6. The summed E-state index contributed by atoms with van der Waals surface area (Å²) < 4.78 is 5.20. The van der Waals surface area contributed by atoms with E-state index in [4.69, 9.17) is 21.6 Å². The molecule has 0 spiro atoms. The Labute approximate surface area is 110 Å². The molecule has 2 N–H and O–H groups in total. The lowest BCUT2D eigenvalue weighted by molar-refractivity contribution is -0.122. The highest BCUT2D eigenvalue weighted by Gasteiger charge is 2.08. The fourth-order valence-electron chi connectivity index (χ4n) is 1.23. The maximum Gasteiger partial charge on any atom is 0.258 e. The topological polar surface area (TPSA) is 82.3 Å². The van der Waals surface area contributed by atoms with Crippen LogP contribution in [0.2, 0.25) is 5.02 Å². The minimum absolute atomic E-state index is 0.0586. The van der Waals surface area contributed by atoms with Crippen LogP contribution in [-0.2, 0) is 4.79 Å². The molecule has 0 heterocycles. The largest absolute Gasteiger partial charge is 0.482 e. The Hall–Kier alpha value is -1.77. The zero-order valence-electron chi connectivity index (χ0n) is 9.81. The molecule has 1 aromatic carbocycles. The van der Waals surface area contributed by atoms with Gasteiger partial charge in [-0.1, -0.05) is 17.7 Å². The number of aliphatic hydroxyl groups excluding tert-OH is 1. The molecule has 0 aliphatic carbocycles. The van der Waals surface area contributed by atoms with E-state index in [0.717, 1.165) is 0 Å². The van der Waals surface area contributed by atoms with Gasteiger partial charge < -0.3 is 15.2 Å². The minimum atomic E-state index is -0.615. The van der Waals surface area contributed by atoms with Crippen molar-refractivity contribution in [1.29, 1.82) is 5.26 Å². The minimum Gasteiger partial charge on any atom is -0.482 e. The number of hydrogen-bond acceptors (Lipinski definition) is 4. The molecule has 18 heavy (non-hydrogen) atoms. The summed E-state index contributed by atoms with van der Waals surface area (Å²) in [6, 6.07) is 6.62. The molecule has 0 aliphatic rings. The second-order valence-corrected chi connectivity index (χ2v) is 4.00. The third kappa shape index (κ3) is 4.24. The Morgan fingerprint density at radius 2 is 2.39 bits per heavy atom. The van der Waals surface area contributed by atoms with Crippen LogP contribution in [0.4, 0.5) is 0 Å². The van der Waals surface area contributed by atoms with E-state index in [0.29, 0.717) is 16.3 Å². The molecular weight excluding hydrogens is 256 g/mol. The number of benzene rings is 1. The number of nitrogens with zero attached hydrogens (tertiary/aromatic N) is 1. The number of rotatable bonds is 5. The summed E-state index contributed by atoms with van der Waals surface area (Å²) in [6.07, 6.45) is -0.615. The number of nitrogens with one attached hydrogen (secondary N) is 1. The molecular formula is C12H13ClN2O3. The molecule has 1 amide bonds. The number of halogens is 1. The monoisotopic (exact) mass is 268 g/mol. The molecule has 0 saturated carbocycles. The molecule has 0 unspecified atom stereocenters. The van der Waals surface area contributed by atoms with Gasteiger partial charge in [-0.2, -0.15) is 5.26 Å². The van der Waals surface area contributed by atoms with Gasteiger partial charge in [-0.05, 0) is 24.6 Å². The lowest BCUT2D eigenvalue weighted by Gasteiger charge is -2.10. The predicted octanol–water partition coefficient (Wildman–Crippen LogP) is 1.41. The van der Waals surface area contributed by atoms with Gasteiger partial charge in [0.15, 0.2) is 6.61 Å². The van der Waals surface area contributed by atoms with Gasteiger partial charge in [-0.15, -0.1) is 0 Å². The van der Waals surface area contributed by atoms with E-state index in [-0.39, 0.29) is 13.2 Å². The van der Waals surface area contributed by atoms with Crippen LogP contribution in [-0.4, -0.2) is 24.2 Å². The van der Waals surface area contributed by atoms with Crippen LogP contribution in [0.25, 0.3) is 0 Å². The highest BCUT2D eigenvalue weighted by Crippen LogP contribution is 2.27. The van der Waals surface area contributed by atoms with E-state index in [2.05, 4.69) is 5.32 Å². The molecule has 0 fully saturated rings. The highest BCUT2D eigenvalue weighted by molar-refractivity contribution is 6.32. The molecule has 0 radical (unpaired) electrons. The SMILES string of the molecule is C[C@H](O)c1ccc(OCC(=O)NCC#N)c(Cl)c1. The number of amides is 1. The van der Waals surface area contributed by atoms with Gasteiger partial charge >= 0.3 is 0 Å². The second kappa shape index (κ2) is 6.84. The van der Waals surface area contributed by atoms with Crippen molar-refractivity contribution < 1.29 is 14.6 Å². The summed E-state index contributed by atoms with van der Waals surface area (Å²) in [5.41, 5.74) is 0.668. The van der Waals surface area contributed by atoms with Crippen LogP contribution in [0.15, 0.2) is 18.2 Å². The fraction of sp³-hybridized carbons (Fsp3) is 0.333. The first-order valence-corrected chi connectivity index (χ1v) is 5.66. The highest BCUT2D eigenvalue weighted by atomic mass is 35.5. The predicted molar refractivity (Wildman–Crippen MR) is 66.2 cm³/mol. The van der Waals surface area contributed by atoms with Crippen molar-refractivity contribution in [2.75, 3.05) is 13.2 Å². The number of aliphatic hydroxyl groups is 1. The first-order valence-electron chi connectivity index (χ1n) is 5.28. The average Bonchev–Trinajstić information content (AvgIpc) is 2.34. The van der Waals surface area contributed by atoms with E-state index in [1.807, 2.05) is 0 Å². The van der Waals surface area contributed by atoms with Gasteiger partial charge in [-0.25, -0.2) is 0 Å². The summed E-state index contributed by atoms with van der Waals surface area (Å²) in [5.74, 6) is -0.0413. The van der Waals surface area contributed by atoms with Crippen LogP contribution in [0.1, 0.15) is 18.6 Å². The Balaban J connectivity index is 2.58. The van der Waals surface area contributed by atoms with Gasteiger partial charge in [0.25, 0.3) is 5.91 Å². The van der Waals surface area contributed by atoms with Gasteiger partial charge in [0, 0.05) is 0 Å². The number of ether oxygens (including phenoxy) is 1. The van der Waals surface area contributed by atoms with Crippen molar-refractivity contribution in [2.24, 2.45) is 0 Å². The molecule has 5 nitrogen and oxygen atoms in total. The first kappa shape index (κ1) is 14.3. The van der Waals surface area contributed by atoms with Gasteiger partial charge in [0.2, 0.25) is 0 Å². The van der Waals surface area contributed by atoms with Crippen molar-refractivity contribution in [3.63, 3.8) is 0 Å². The molecule has 0 aliphatic heterocycles. The zero-order chi connectivity index (χ0) is 13.5. The molecule has 6 heteroatoms. The van der Waals surface area contributed by atoms with Crippen molar-refractivity contribution >= 4 is 17.5 Å². The molecule has 1 atom stereocenters. The summed E-state index contributed by atoms with van der Waals surface area (Å²) in [4.78, 5) is 11.2. The molecule has 0 saturated heterocycles. The Kier molecular flexibility index (Phi) is 5.43. The molecule has 0 bridgehead atoms. The summed E-state index contributed by atoms with van der Waals surface area (Å²) in [7, 11) is 0. The summed E-state index contributed by atoms with van der Waals surface area (Å²) in [6.45, 7) is 1.36. The lowest BCUT2D eigenvalue weighted by atomic mass is 10.1. The van der Waals surface area contributed by atoms with Gasteiger partial charge in [-0.3, -0.25) is 4.79 Å². The smallest absolute Gasteiger partial charge is 0.258 e. The number of nitriles is 1. The van der Waals surface area contributed by atoms with E-state index in [1.165, 1.54) is 0 Å². The summed E-state index contributed by atoms with van der Waals surface area (Å²) >= 11 is 5.94. The van der Waals surface area contributed by atoms with Crippen LogP contribution in [0.3, 0.4) is 0 Å². The van der Waals surface area contributed by atoms with E-state index < -0.39 is 12.0 Å². The number of hydrogen-bond donors (Lipinski definition) is 2. The van der Waals surface area contributed by atoms with Crippen LogP contribution in [0, 0.1) is 11.3 Å². The third-order valence-electron chi connectivity index (χ3n) is 2.16. The third-order valence-corrected chi connectivity index (χ3v) is 2.46. The van der Waals surface area contributed by atoms with Crippen LogP contribution >= 0.6 is 11.6 Å². The molecule has 1 aromatic rings. The van der Waals surface area contributed by atoms with Crippen molar-refractivity contribution in [3.05, 3.63) is 28.8 Å². The standard InChI is InChI=1S/C12H13ClN2O3/c1-8(16)9-2-3-11(10(13)6-9)18-7-12(17)15-5-4-14/h2-3,6,8,16H,5,7H2,1H3,(H,15,17)/t8-/m0/s1. The number of carbonyl (C=O) groups is 1. The Bertz CT molecular complexity index is 469. The Morgan fingerprint density at radius 1 is 1.67 bits per heavy atom. The van der Waals surface area contributed by atoms with E-state index >= 15 is 0 Å². The maximum atomic E-state index is 11.2. The van der Waals surface area contributed by atoms with Crippen LogP contribution < -0.4 is 10.1 Å². The van der Waals surface area contributed by atoms with Crippen molar-refractivity contribution in [2.45, 2.75) is 13.0 Å². The number of carbonyl (C=O) groups excluding carboxylic acids is 1. The Morgan fingerprint density at radius 3 is 2.94 bits per heavy atom. The van der Waals surface area contributed by atoms with Crippen molar-refractivity contribution in [1.82, 2.24) is 5.32 Å². The molecule has 96 valence electrons. The van der Waals surface area contributed by atoms with Crippen LogP contribution in [0.5, 0.6) is 5.75 Å². The van der Waals surface area contributed by atoms with E-state index in [9.17, 15) is 9.90 Å².